The molecule has 1 unspecified atom stereocenters. The second-order valence-corrected chi connectivity index (χ2v) is 9.25. The van der Waals surface area contributed by atoms with Crippen molar-refractivity contribution in [2.24, 2.45) is 5.92 Å². The van der Waals surface area contributed by atoms with Crippen LogP contribution < -0.4 is 9.80 Å². The van der Waals surface area contributed by atoms with E-state index in [0.29, 0.717) is 26.1 Å². The van der Waals surface area contributed by atoms with Gasteiger partial charge in [0.1, 0.15) is 5.01 Å². The number of carbonyl (C=O) groups excluding carboxylic acids is 2. The lowest BCUT2D eigenvalue weighted by atomic mass is 10.1. The smallest absolute Gasteiger partial charge is 0.228 e. The molecule has 2 amide bonds. The second kappa shape index (κ2) is 9.12. The molecule has 2 saturated heterocycles. The monoisotopic (exact) mass is 427 g/mol. The fraction of sp³-hybridized carbons (Fsp3) is 0.545. The molecule has 160 valence electrons. The van der Waals surface area contributed by atoms with Gasteiger partial charge in [-0.05, 0) is 37.5 Å². The van der Waals surface area contributed by atoms with E-state index in [1.165, 1.54) is 18.4 Å². The summed E-state index contributed by atoms with van der Waals surface area (Å²) in [4.78, 5) is 31.5. The number of anilines is 2. The average molecular weight is 428 g/mol. The van der Waals surface area contributed by atoms with Gasteiger partial charge in [0.05, 0.1) is 5.92 Å². The Hall–Kier alpha value is -2.48. The third kappa shape index (κ3) is 4.48. The minimum atomic E-state index is -0.257. The number of nitrogens with zero attached hydrogens (tertiary/aromatic N) is 5. The quantitative estimate of drug-likeness (QED) is 0.709. The van der Waals surface area contributed by atoms with Crippen LogP contribution in [-0.2, 0) is 16.0 Å². The summed E-state index contributed by atoms with van der Waals surface area (Å²) in [6, 6.07) is 8.22. The van der Waals surface area contributed by atoms with Gasteiger partial charge in [0.15, 0.2) is 0 Å². The summed E-state index contributed by atoms with van der Waals surface area (Å²) in [6.07, 6.45) is 3.70. The van der Waals surface area contributed by atoms with E-state index >= 15 is 0 Å². The van der Waals surface area contributed by atoms with E-state index in [1.54, 1.807) is 16.2 Å². The van der Waals surface area contributed by atoms with E-state index in [4.69, 9.17) is 0 Å². The Morgan fingerprint density at radius 1 is 1.13 bits per heavy atom. The van der Waals surface area contributed by atoms with Gasteiger partial charge in [-0.2, -0.15) is 0 Å². The summed E-state index contributed by atoms with van der Waals surface area (Å²) in [6.45, 7) is 7.44. The highest BCUT2D eigenvalue weighted by molar-refractivity contribution is 7.15. The van der Waals surface area contributed by atoms with Gasteiger partial charge in [0, 0.05) is 44.8 Å². The van der Waals surface area contributed by atoms with Crippen LogP contribution in [0.1, 0.15) is 36.8 Å². The molecule has 7 nitrogen and oxygen atoms in total. The summed E-state index contributed by atoms with van der Waals surface area (Å²) in [5, 5.41) is 10.2. The highest BCUT2D eigenvalue weighted by atomic mass is 32.1. The zero-order valence-electron chi connectivity index (χ0n) is 17.7. The summed E-state index contributed by atoms with van der Waals surface area (Å²) in [7, 11) is 0. The Labute approximate surface area is 181 Å². The number of benzene rings is 1. The fourth-order valence-corrected chi connectivity index (χ4v) is 4.88. The third-order valence-corrected chi connectivity index (χ3v) is 6.82. The van der Waals surface area contributed by atoms with Crippen LogP contribution >= 0.6 is 11.3 Å². The summed E-state index contributed by atoms with van der Waals surface area (Å²) in [5.41, 5.74) is 2.19. The molecule has 3 heterocycles. The molecule has 0 saturated carbocycles. The molecule has 2 aromatic rings. The highest BCUT2D eigenvalue weighted by Crippen LogP contribution is 2.28. The summed E-state index contributed by atoms with van der Waals surface area (Å²) in [5.74, 6) is -0.122. The molecule has 1 aromatic heterocycles. The molecule has 0 bridgehead atoms. The highest BCUT2D eigenvalue weighted by Gasteiger charge is 2.38. The van der Waals surface area contributed by atoms with Crippen molar-refractivity contribution in [2.75, 3.05) is 42.5 Å². The first kappa shape index (κ1) is 20.8. The molecule has 2 fully saturated rings. The number of rotatable bonds is 6. The number of aromatic nitrogens is 2. The van der Waals surface area contributed by atoms with Gasteiger partial charge >= 0.3 is 0 Å². The number of piperazine rings is 1. The fourth-order valence-electron chi connectivity index (χ4n) is 4.14. The van der Waals surface area contributed by atoms with Crippen LogP contribution in [0.4, 0.5) is 10.8 Å². The van der Waals surface area contributed by atoms with Crippen LogP contribution in [0.25, 0.3) is 0 Å². The predicted molar refractivity (Wildman–Crippen MR) is 119 cm³/mol. The average Bonchev–Trinajstić information content (AvgIpc) is 3.38. The van der Waals surface area contributed by atoms with Gasteiger partial charge in [-0.25, -0.2) is 0 Å². The molecule has 0 N–H and O–H groups in total. The van der Waals surface area contributed by atoms with E-state index in [0.717, 1.165) is 35.3 Å². The van der Waals surface area contributed by atoms with Gasteiger partial charge in [0.25, 0.3) is 0 Å². The van der Waals surface area contributed by atoms with Crippen molar-refractivity contribution < 1.29 is 9.59 Å². The van der Waals surface area contributed by atoms with Gasteiger partial charge in [0.2, 0.25) is 16.9 Å². The maximum Gasteiger partial charge on any atom is 0.228 e. The van der Waals surface area contributed by atoms with Crippen molar-refractivity contribution in [1.29, 1.82) is 0 Å². The Kier molecular flexibility index (Phi) is 6.32. The molecule has 2 aliphatic heterocycles. The first-order chi connectivity index (χ1) is 14.5. The zero-order chi connectivity index (χ0) is 21.1. The Morgan fingerprint density at radius 2 is 1.87 bits per heavy atom. The molecule has 1 aromatic carbocycles. The molecule has 0 aliphatic carbocycles. The maximum absolute atomic E-state index is 13.0. The zero-order valence-corrected chi connectivity index (χ0v) is 18.5. The molecule has 4 rings (SSSR count). The molecular weight excluding hydrogens is 398 g/mol. The lowest BCUT2D eigenvalue weighted by Gasteiger charge is -2.35. The number of aryl methyl sites for hydroxylation is 2. The van der Waals surface area contributed by atoms with Crippen molar-refractivity contribution in [3.63, 3.8) is 0 Å². The number of unbranched alkanes of at least 4 members (excludes halogenated alkanes) is 1. The number of hydrogen-bond acceptors (Lipinski definition) is 6. The van der Waals surface area contributed by atoms with Crippen LogP contribution in [0.3, 0.4) is 0 Å². The van der Waals surface area contributed by atoms with E-state index in [1.807, 2.05) is 24.0 Å². The standard InChI is InChI=1S/C22H29N5O2S/c1-3-4-5-17-6-8-19(9-7-17)27-15-18(14-20(27)28)21(29)25-10-12-26(13-11-25)22-24-23-16(2)30-22/h6-9,18H,3-5,10-15H2,1-2H3. The van der Waals surface area contributed by atoms with E-state index in [9.17, 15) is 9.59 Å². The summed E-state index contributed by atoms with van der Waals surface area (Å²) >= 11 is 1.58. The minimum Gasteiger partial charge on any atom is -0.343 e. The maximum atomic E-state index is 13.0. The van der Waals surface area contributed by atoms with Gasteiger partial charge < -0.3 is 14.7 Å². The molecule has 2 aliphatic rings. The van der Waals surface area contributed by atoms with Gasteiger partial charge in [-0.15, -0.1) is 10.2 Å². The number of carbonyl (C=O) groups is 2. The van der Waals surface area contributed by atoms with Crippen molar-refractivity contribution in [1.82, 2.24) is 15.1 Å². The largest absolute Gasteiger partial charge is 0.343 e. The number of amides is 2. The van der Waals surface area contributed by atoms with Crippen molar-refractivity contribution in [2.45, 2.75) is 39.5 Å². The van der Waals surface area contributed by atoms with Crippen LogP contribution in [-0.4, -0.2) is 59.6 Å². The first-order valence-electron chi connectivity index (χ1n) is 10.8. The first-order valence-corrected chi connectivity index (χ1v) is 11.6. The molecule has 8 heteroatoms. The van der Waals surface area contributed by atoms with Crippen LogP contribution in [0, 0.1) is 12.8 Å². The predicted octanol–water partition coefficient (Wildman–Crippen LogP) is 2.89. The lowest BCUT2D eigenvalue weighted by Crippen LogP contribution is -2.50. The molecule has 1 atom stereocenters. The normalized spacial score (nSPS) is 19.6. The number of hydrogen-bond donors (Lipinski definition) is 0. The lowest BCUT2D eigenvalue weighted by molar-refractivity contribution is -0.136. The third-order valence-electron chi connectivity index (χ3n) is 5.92. The van der Waals surface area contributed by atoms with Crippen LogP contribution in [0.15, 0.2) is 24.3 Å². The molecular formula is C22H29N5O2S. The van der Waals surface area contributed by atoms with E-state index in [-0.39, 0.29) is 17.7 Å². The summed E-state index contributed by atoms with van der Waals surface area (Å²) < 4.78 is 0. The topological polar surface area (TPSA) is 69.6 Å². The Bertz CT molecular complexity index is 889. The van der Waals surface area contributed by atoms with Gasteiger partial charge in [-0.3, -0.25) is 9.59 Å². The Balaban J connectivity index is 1.33. The van der Waals surface area contributed by atoms with E-state index < -0.39 is 0 Å². The van der Waals surface area contributed by atoms with Crippen molar-refractivity contribution >= 4 is 34.0 Å². The molecule has 0 radical (unpaired) electrons. The minimum absolute atomic E-state index is 0.0395. The molecule has 0 spiro atoms. The van der Waals surface area contributed by atoms with Crippen LogP contribution in [0.2, 0.25) is 0 Å². The van der Waals surface area contributed by atoms with Crippen molar-refractivity contribution in [3.05, 3.63) is 34.8 Å². The van der Waals surface area contributed by atoms with Crippen molar-refractivity contribution in [3.8, 4) is 0 Å². The van der Waals surface area contributed by atoms with Gasteiger partial charge in [-0.1, -0.05) is 36.8 Å². The molecule has 30 heavy (non-hydrogen) atoms. The Morgan fingerprint density at radius 3 is 2.50 bits per heavy atom. The second-order valence-electron chi connectivity index (χ2n) is 8.09. The SMILES string of the molecule is CCCCc1ccc(N2CC(C(=O)N3CCN(c4nnc(C)s4)CC3)CC2=O)cc1. The van der Waals surface area contributed by atoms with Crippen LogP contribution in [0.5, 0.6) is 0 Å². The van der Waals surface area contributed by atoms with E-state index in [2.05, 4.69) is 34.2 Å².